The van der Waals surface area contributed by atoms with Crippen molar-refractivity contribution in [2.75, 3.05) is 0 Å². The zero-order valence-corrected chi connectivity index (χ0v) is 10.2. The molecule has 0 saturated heterocycles. The van der Waals surface area contributed by atoms with Gasteiger partial charge in [0.05, 0.1) is 0 Å². The van der Waals surface area contributed by atoms with Gasteiger partial charge in [-0.25, -0.2) is 0 Å². The van der Waals surface area contributed by atoms with Crippen LogP contribution < -0.4 is 0 Å². The van der Waals surface area contributed by atoms with E-state index in [1.807, 2.05) is 18.2 Å². The topological polar surface area (TPSA) is 17.1 Å². The minimum Gasteiger partial charge on any atom is -0.300 e. The maximum absolute atomic E-state index is 10.9. The Morgan fingerprint density at radius 2 is 2.07 bits per heavy atom. The minimum absolute atomic E-state index is 0.268. The Bertz CT molecular complexity index is 320. The normalized spacial score (nSPS) is 12.5. The first-order valence-corrected chi connectivity index (χ1v) is 5.64. The largest absolute Gasteiger partial charge is 0.300 e. The van der Waals surface area contributed by atoms with E-state index in [9.17, 15) is 4.79 Å². The van der Waals surface area contributed by atoms with Gasteiger partial charge in [0.1, 0.15) is 5.78 Å². The van der Waals surface area contributed by atoms with Crippen molar-refractivity contribution in [3.8, 4) is 0 Å². The molecule has 1 aromatic carbocycles. The summed E-state index contributed by atoms with van der Waals surface area (Å²) in [5.41, 5.74) is 1.29. The van der Waals surface area contributed by atoms with Crippen molar-refractivity contribution in [1.29, 1.82) is 0 Å². The summed E-state index contributed by atoms with van der Waals surface area (Å²) in [5, 5.41) is 0. The molecule has 76 valence electrons. The van der Waals surface area contributed by atoms with E-state index >= 15 is 0 Å². The van der Waals surface area contributed by atoms with E-state index in [1.54, 1.807) is 6.92 Å². The van der Waals surface area contributed by atoms with Crippen molar-refractivity contribution >= 4 is 21.7 Å². The maximum atomic E-state index is 10.9. The van der Waals surface area contributed by atoms with Gasteiger partial charge in [-0.15, -0.1) is 0 Å². The molecule has 1 aromatic rings. The Kier molecular flexibility index (Phi) is 4.33. The number of ketones is 1. The molecule has 0 aliphatic carbocycles. The van der Waals surface area contributed by atoms with Gasteiger partial charge in [-0.2, -0.15) is 0 Å². The lowest BCUT2D eigenvalue weighted by Crippen LogP contribution is -1.98. The highest BCUT2D eigenvalue weighted by Crippen LogP contribution is 2.27. The predicted octanol–water partition coefficient (Wildman–Crippen LogP) is 3.92. The molecule has 0 aliphatic heterocycles. The summed E-state index contributed by atoms with van der Waals surface area (Å²) in [4.78, 5) is 10.9. The fourth-order valence-corrected chi connectivity index (χ4v) is 2.13. The fourth-order valence-electron chi connectivity index (χ4n) is 1.45. The monoisotopic (exact) mass is 254 g/mol. The SMILES string of the molecule is CC(=O)CCC(C)c1ccccc1Br. The number of hydrogen-bond donors (Lipinski definition) is 0. The summed E-state index contributed by atoms with van der Waals surface area (Å²) in [6.07, 6.45) is 1.60. The van der Waals surface area contributed by atoms with E-state index in [2.05, 4.69) is 28.9 Å². The molecule has 1 nitrogen and oxygen atoms in total. The smallest absolute Gasteiger partial charge is 0.129 e. The Hall–Kier alpha value is -0.630. The standard InChI is InChI=1S/C12H15BrO/c1-9(7-8-10(2)14)11-5-3-4-6-12(11)13/h3-6,9H,7-8H2,1-2H3. The lowest BCUT2D eigenvalue weighted by atomic mass is 9.95. The quantitative estimate of drug-likeness (QED) is 0.796. The summed E-state index contributed by atoms with van der Waals surface area (Å²) in [7, 11) is 0. The van der Waals surface area contributed by atoms with Crippen LogP contribution in [0.25, 0.3) is 0 Å². The zero-order chi connectivity index (χ0) is 10.6. The Labute approximate surface area is 93.7 Å². The van der Waals surface area contributed by atoms with Crippen LogP contribution in [0.1, 0.15) is 38.2 Å². The third kappa shape index (κ3) is 3.26. The Balaban J connectivity index is 2.65. The molecule has 0 N–H and O–H groups in total. The molecule has 0 saturated carbocycles. The summed E-state index contributed by atoms with van der Waals surface area (Å²) < 4.78 is 1.14. The number of rotatable bonds is 4. The molecule has 1 atom stereocenters. The van der Waals surface area contributed by atoms with Gasteiger partial charge in [0.15, 0.2) is 0 Å². The van der Waals surface area contributed by atoms with Gasteiger partial charge in [-0.05, 0) is 30.9 Å². The van der Waals surface area contributed by atoms with Crippen LogP contribution in [0.15, 0.2) is 28.7 Å². The van der Waals surface area contributed by atoms with E-state index in [1.165, 1.54) is 5.56 Å². The van der Waals surface area contributed by atoms with E-state index in [-0.39, 0.29) is 5.78 Å². The number of carbonyl (C=O) groups excluding carboxylic acids is 1. The summed E-state index contributed by atoms with van der Waals surface area (Å²) in [5.74, 6) is 0.707. The van der Waals surface area contributed by atoms with Gasteiger partial charge >= 0.3 is 0 Å². The van der Waals surface area contributed by atoms with Crippen LogP contribution in [0, 0.1) is 0 Å². The maximum Gasteiger partial charge on any atom is 0.129 e. The van der Waals surface area contributed by atoms with E-state index in [0.717, 1.165) is 10.9 Å². The molecule has 0 amide bonds. The van der Waals surface area contributed by atoms with Crippen molar-refractivity contribution in [2.24, 2.45) is 0 Å². The minimum atomic E-state index is 0.268. The molecule has 14 heavy (non-hydrogen) atoms. The van der Waals surface area contributed by atoms with Gasteiger partial charge in [0.25, 0.3) is 0 Å². The fraction of sp³-hybridized carbons (Fsp3) is 0.417. The number of carbonyl (C=O) groups is 1. The van der Waals surface area contributed by atoms with Gasteiger partial charge < -0.3 is 4.79 Å². The van der Waals surface area contributed by atoms with Crippen molar-refractivity contribution in [3.05, 3.63) is 34.3 Å². The van der Waals surface area contributed by atoms with Crippen LogP contribution in [-0.2, 0) is 4.79 Å². The van der Waals surface area contributed by atoms with Crippen LogP contribution in [0.2, 0.25) is 0 Å². The molecule has 0 heterocycles. The highest BCUT2D eigenvalue weighted by Gasteiger charge is 2.09. The van der Waals surface area contributed by atoms with Crippen molar-refractivity contribution in [2.45, 2.75) is 32.6 Å². The third-order valence-electron chi connectivity index (χ3n) is 2.37. The van der Waals surface area contributed by atoms with Crippen molar-refractivity contribution in [3.63, 3.8) is 0 Å². The molecule has 0 bridgehead atoms. The number of halogens is 1. The average Bonchev–Trinajstić information content (AvgIpc) is 2.15. The van der Waals surface area contributed by atoms with Crippen LogP contribution in [-0.4, -0.2) is 5.78 Å². The summed E-state index contributed by atoms with van der Waals surface area (Å²) in [6.45, 7) is 3.80. The molecule has 0 aliphatic rings. The molecule has 0 aromatic heterocycles. The zero-order valence-electron chi connectivity index (χ0n) is 8.59. The molecule has 1 rings (SSSR count). The average molecular weight is 255 g/mol. The second-order valence-electron chi connectivity index (χ2n) is 3.66. The van der Waals surface area contributed by atoms with E-state index in [4.69, 9.17) is 0 Å². The van der Waals surface area contributed by atoms with Crippen LogP contribution in [0.4, 0.5) is 0 Å². The van der Waals surface area contributed by atoms with Crippen molar-refractivity contribution < 1.29 is 4.79 Å². The number of Topliss-reactive ketones (excluding diaryl/α,β-unsaturated/α-hetero) is 1. The Morgan fingerprint density at radius 1 is 1.43 bits per heavy atom. The second kappa shape index (κ2) is 5.30. The van der Waals surface area contributed by atoms with Crippen LogP contribution in [0.3, 0.4) is 0 Å². The Morgan fingerprint density at radius 3 is 2.64 bits per heavy atom. The second-order valence-corrected chi connectivity index (χ2v) is 4.52. The molecule has 0 spiro atoms. The lowest BCUT2D eigenvalue weighted by Gasteiger charge is -2.12. The molecule has 0 radical (unpaired) electrons. The van der Waals surface area contributed by atoms with Crippen LogP contribution in [0.5, 0.6) is 0 Å². The van der Waals surface area contributed by atoms with Crippen molar-refractivity contribution in [1.82, 2.24) is 0 Å². The summed E-state index contributed by atoms with van der Waals surface area (Å²) >= 11 is 3.52. The first-order valence-electron chi connectivity index (χ1n) is 4.85. The third-order valence-corrected chi connectivity index (χ3v) is 3.09. The van der Waals surface area contributed by atoms with E-state index in [0.29, 0.717) is 12.3 Å². The van der Waals surface area contributed by atoms with E-state index < -0.39 is 0 Å². The number of benzene rings is 1. The first-order chi connectivity index (χ1) is 6.61. The van der Waals surface area contributed by atoms with Crippen LogP contribution >= 0.6 is 15.9 Å². The highest BCUT2D eigenvalue weighted by atomic mass is 79.9. The molecule has 2 heteroatoms. The molecule has 0 fully saturated rings. The number of hydrogen-bond acceptors (Lipinski definition) is 1. The van der Waals surface area contributed by atoms with Gasteiger partial charge in [0, 0.05) is 10.9 Å². The highest BCUT2D eigenvalue weighted by molar-refractivity contribution is 9.10. The molecular formula is C12H15BrO. The first kappa shape index (κ1) is 11.4. The molecule has 1 unspecified atom stereocenters. The molecular weight excluding hydrogens is 240 g/mol. The summed E-state index contributed by atoms with van der Waals surface area (Å²) in [6, 6.07) is 8.18. The van der Waals surface area contributed by atoms with Gasteiger partial charge in [0.2, 0.25) is 0 Å². The van der Waals surface area contributed by atoms with Gasteiger partial charge in [-0.3, -0.25) is 0 Å². The predicted molar refractivity (Wildman–Crippen MR) is 62.5 cm³/mol. The van der Waals surface area contributed by atoms with Gasteiger partial charge in [-0.1, -0.05) is 41.1 Å². The lowest BCUT2D eigenvalue weighted by molar-refractivity contribution is -0.117.